The SMILES string of the molecule is CC1(C)c2c(-c3ccccc3)ncnc2-c2ccc3ccccc3c21. The Morgan fingerprint density at radius 2 is 1.40 bits per heavy atom. The van der Waals surface area contributed by atoms with Gasteiger partial charge in [-0.25, -0.2) is 9.97 Å². The molecule has 0 radical (unpaired) electrons. The first kappa shape index (κ1) is 14.4. The van der Waals surface area contributed by atoms with Gasteiger partial charge < -0.3 is 0 Å². The lowest BCUT2D eigenvalue weighted by molar-refractivity contribution is 0.663. The minimum Gasteiger partial charge on any atom is -0.236 e. The molecule has 0 saturated heterocycles. The standard InChI is InChI=1S/C23H18N2/c1-23(2)19-17-11-7-6-8-15(17)12-13-18(19)22-20(23)21(24-14-25-22)16-9-4-3-5-10-16/h3-14H,1-2H3. The maximum absolute atomic E-state index is 4.68. The molecular weight excluding hydrogens is 304 g/mol. The van der Waals surface area contributed by atoms with Crippen LogP contribution in [0, 0.1) is 0 Å². The first-order chi connectivity index (χ1) is 12.2. The first-order valence-corrected chi connectivity index (χ1v) is 8.61. The minimum absolute atomic E-state index is 0.141. The monoisotopic (exact) mass is 322 g/mol. The van der Waals surface area contributed by atoms with E-state index in [1.165, 1.54) is 27.5 Å². The molecule has 2 heteroatoms. The van der Waals surface area contributed by atoms with Crippen LogP contribution in [-0.4, -0.2) is 9.97 Å². The van der Waals surface area contributed by atoms with E-state index in [9.17, 15) is 0 Å². The summed E-state index contributed by atoms with van der Waals surface area (Å²) >= 11 is 0. The van der Waals surface area contributed by atoms with Crippen molar-refractivity contribution < 1.29 is 0 Å². The number of fused-ring (bicyclic) bond motifs is 5. The Kier molecular flexibility index (Phi) is 2.87. The zero-order valence-electron chi connectivity index (χ0n) is 14.3. The van der Waals surface area contributed by atoms with Crippen LogP contribution in [0.5, 0.6) is 0 Å². The molecule has 5 rings (SSSR count). The number of benzene rings is 3. The Hall–Kier alpha value is -3.00. The van der Waals surface area contributed by atoms with Crippen LogP contribution in [0.1, 0.15) is 25.0 Å². The largest absolute Gasteiger partial charge is 0.236 e. The minimum atomic E-state index is -0.141. The van der Waals surface area contributed by atoms with Crippen molar-refractivity contribution in [3.8, 4) is 22.5 Å². The van der Waals surface area contributed by atoms with E-state index in [-0.39, 0.29) is 5.41 Å². The Balaban J connectivity index is 1.88. The molecule has 0 aliphatic heterocycles. The second-order valence-corrected chi connectivity index (χ2v) is 7.15. The molecule has 0 bridgehead atoms. The highest BCUT2D eigenvalue weighted by atomic mass is 14.9. The van der Waals surface area contributed by atoms with Crippen LogP contribution in [0.4, 0.5) is 0 Å². The fourth-order valence-electron chi connectivity index (χ4n) is 4.26. The highest BCUT2D eigenvalue weighted by Crippen LogP contribution is 2.52. The number of aromatic nitrogens is 2. The van der Waals surface area contributed by atoms with Crippen molar-refractivity contribution in [1.29, 1.82) is 0 Å². The molecule has 1 aliphatic carbocycles. The average molecular weight is 322 g/mol. The van der Waals surface area contributed by atoms with Gasteiger partial charge in [0.15, 0.2) is 0 Å². The molecule has 0 atom stereocenters. The summed E-state index contributed by atoms with van der Waals surface area (Å²) in [7, 11) is 0. The van der Waals surface area contributed by atoms with Gasteiger partial charge in [-0.3, -0.25) is 0 Å². The smallest absolute Gasteiger partial charge is 0.116 e. The molecule has 1 aromatic heterocycles. The zero-order valence-corrected chi connectivity index (χ0v) is 14.3. The predicted octanol–water partition coefficient (Wildman–Crippen LogP) is 5.60. The fourth-order valence-corrected chi connectivity index (χ4v) is 4.26. The summed E-state index contributed by atoms with van der Waals surface area (Å²) in [5, 5.41) is 2.58. The Bertz CT molecular complexity index is 1110. The second kappa shape index (κ2) is 5.00. The highest BCUT2D eigenvalue weighted by Gasteiger charge is 2.40. The van der Waals surface area contributed by atoms with E-state index >= 15 is 0 Å². The lowest BCUT2D eigenvalue weighted by atomic mass is 9.79. The summed E-state index contributed by atoms with van der Waals surface area (Å²) in [5.41, 5.74) is 6.93. The highest BCUT2D eigenvalue weighted by molar-refractivity contribution is 5.97. The van der Waals surface area contributed by atoms with E-state index in [0.29, 0.717) is 0 Å². The second-order valence-electron chi connectivity index (χ2n) is 7.15. The molecule has 0 amide bonds. The number of hydrogen-bond donors (Lipinski definition) is 0. The predicted molar refractivity (Wildman–Crippen MR) is 103 cm³/mol. The van der Waals surface area contributed by atoms with E-state index in [2.05, 4.69) is 84.5 Å². The van der Waals surface area contributed by atoms with Crippen molar-refractivity contribution in [3.63, 3.8) is 0 Å². The van der Waals surface area contributed by atoms with Gasteiger partial charge in [-0.05, 0) is 16.3 Å². The molecule has 25 heavy (non-hydrogen) atoms. The Labute approximate surface area is 147 Å². The molecule has 120 valence electrons. The maximum atomic E-state index is 4.68. The molecule has 1 aliphatic rings. The third-order valence-electron chi connectivity index (χ3n) is 5.33. The summed E-state index contributed by atoms with van der Waals surface area (Å²) < 4.78 is 0. The van der Waals surface area contributed by atoms with Gasteiger partial charge in [0.05, 0.1) is 11.4 Å². The Morgan fingerprint density at radius 1 is 0.680 bits per heavy atom. The summed E-state index contributed by atoms with van der Waals surface area (Å²) in [6.45, 7) is 4.58. The van der Waals surface area contributed by atoms with Crippen LogP contribution in [0.2, 0.25) is 0 Å². The van der Waals surface area contributed by atoms with Crippen LogP contribution in [0.3, 0.4) is 0 Å². The van der Waals surface area contributed by atoms with Crippen LogP contribution < -0.4 is 0 Å². The lowest BCUT2D eigenvalue weighted by Gasteiger charge is -2.24. The molecule has 0 spiro atoms. The normalized spacial score (nSPS) is 14.3. The van der Waals surface area contributed by atoms with E-state index in [1.807, 2.05) is 6.07 Å². The van der Waals surface area contributed by atoms with Crippen molar-refractivity contribution in [2.45, 2.75) is 19.3 Å². The third-order valence-corrected chi connectivity index (χ3v) is 5.33. The molecule has 0 fully saturated rings. The van der Waals surface area contributed by atoms with Gasteiger partial charge in [0.25, 0.3) is 0 Å². The van der Waals surface area contributed by atoms with Gasteiger partial charge in [0, 0.05) is 22.1 Å². The Morgan fingerprint density at radius 3 is 2.24 bits per heavy atom. The number of rotatable bonds is 1. The molecule has 4 aromatic rings. The van der Waals surface area contributed by atoms with Crippen LogP contribution in [0.15, 0.2) is 73.1 Å². The molecule has 2 nitrogen and oxygen atoms in total. The molecule has 3 aromatic carbocycles. The van der Waals surface area contributed by atoms with Gasteiger partial charge in [-0.2, -0.15) is 0 Å². The average Bonchev–Trinajstić information content (AvgIpc) is 2.90. The van der Waals surface area contributed by atoms with E-state index in [0.717, 1.165) is 17.0 Å². The van der Waals surface area contributed by atoms with E-state index in [4.69, 9.17) is 0 Å². The summed E-state index contributed by atoms with van der Waals surface area (Å²) in [5.74, 6) is 0. The van der Waals surface area contributed by atoms with E-state index < -0.39 is 0 Å². The zero-order chi connectivity index (χ0) is 17.0. The third kappa shape index (κ3) is 1.91. The van der Waals surface area contributed by atoms with Crippen molar-refractivity contribution in [2.24, 2.45) is 0 Å². The van der Waals surface area contributed by atoms with Crippen LogP contribution in [0.25, 0.3) is 33.3 Å². The lowest BCUT2D eigenvalue weighted by Crippen LogP contribution is -2.17. The molecular formula is C23H18N2. The van der Waals surface area contributed by atoms with E-state index in [1.54, 1.807) is 6.33 Å². The molecule has 0 unspecified atom stereocenters. The molecule has 0 N–H and O–H groups in total. The van der Waals surface area contributed by atoms with Crippen molar-refractivity contribution in [1.82, 2.24) is 9.97 Å². The molecule has 1 heterocycles. The number of nitrogens with zero attached hydrogens (tertiary/aromatic N) is 2. The quantitative estimate of drug-likeness (QED) is 0.455. The van der Waals surface area contributed by atoms with Crippen molar-refractivity contribution in [2.75, 3.05) is 0 Å². The summed E-state index contributed by atoms with van der Waals surface area (Å²) in [4.78, 5) is 9.35. The van der Waals surface area contributed by atoms with Gasteiger partial charge in [0.2, 0.25) is 0 Å². The van der Waals surface area contributed by atoms with Gasteiger partial charge in [-0.1, -0.05) is 80.6 Å². The topological polar surface area (TPSA) is 25.8 Å². The van der Waals surface area contributed by atoms with Crippen LogP contribution >= 0.6 is 0 Å². The fraction of sp³-hybridized carbons (Fsp3) is 0.130. The van der Waals surface area contributed by atoms with Crippen molar-refractivity contribution in [3.05, 3.63) is 84.2 Å². The van der Waals surface area contributed by atoms with Gasteiger partial charge in [0.1, 0.15) is 6.33 Å². The summed E-state index contributed by atoms with van der Waals surface area (Å²) in [6, 6.07) is 23.4. The molecule has 0 saturated carbocycles. The van der Waals surface area contributed by atoms with Crippen LogP contribution in [-0.2, 0) is 5.41 Å². The maximum Gasteiger partial charge on any atom is 0.116 e. The van der Waals surface area contributed by atoms with Gasteiger partial charge >= 0.3 is 0 Å². The summed E-state index contributed by atoms with van der Waals surface area (Å²) in [6.07, 6.45) is 1.70. The first-order valence-electron chi connectivity index (χ1n) is 8.61. The van der Waals surface area contributed by atoms with Gasteiger partial charge in [-0.15, -0.1) is 0 Å². The van der Waals surface area contributed by atoms with Crippen molar-refractivity contribution >= 4 is 10.8 Å². The number of hydrogen-bond acceptors (Lipinski definition) is 2.